The normalized spacial score (nSPS) is 11.7. The summed E-state index contributed by atoms with van der Waals surface area (Å²) < 4.78 is 10.5. The van der Waals surface area contributed by atoms with Crippen LogP contribution in [-0.4, -0.2) is 36.7 Å². The van der Waals surface area contributed by atoms with E-state index in [1.54, 1.807) is 14.0 Å². The van der Waals surface area contributed by atoms with E-state index < -0.39 is 18.1 Å². The predicted molar refractivity (Wildman–Crippen MR) is 107 cm³/mol. The lowest BCUT2D eigenvalue weighted by atomic mass is 10.1. The van der Waals surface area contributed by atoms with Crippen molar-refractivity contribution in [2.75, 3.05) is 13.7 Å². The van der Waals surface area contributed by atoms with Gasteiger partial charge in [0.2, 0.25) is 0 Å². The smallest absolute Gasteiger partial charge is 0.410 e. The maximum absolute atomic E-state index is 12.1. The lowest BCUT2D eigenvalue weighted by molar-refractivity contribution is -0.148. The zero-order chi connectivity index (χ0) is 19.9. The van der Waals surface area contributed by atoms with Gasteiger partial charge in [0.25, 0.3) is 0 Å². The van der Waals surface area contributed by atoms with E-state index in [0.29, 0.717) is 6.61 Å². The van der Waals surface area contributed by atoms with Gasteiger partial charge in [0.1, 0.15) is 12.6 Å². The fourth-order valence-corrected chi connectivity index (χ4v) is 2.67. The van der Waals surface area contributed by atoms with Crippen molar-refractivity contribution in [1.82, 2.24) is 4.90 Å². The van der Waals surface area contributed by atoms with Gasteiger partial charge in [-0.15, -0.1) is 0 Å². The highest BCUT2D eigenvalue weighted by molar-refractivity contribution is 5.80. The Labute approximate surface area is 164 Å². The summed E-state index contributed by atoms with van der Waals surface area (Å²) in [5, 5.41) is 0. The Morgan fingerprint density at radius 2 is 1.52 bits per heavy atom. The predicted octanol–water partition coefficient (Wildman–Crippen LogP) is 5.33. The summed E-state index contributed by atoms with van der Waals surface area (Å²) >= 11 is 0. The Morgan fingerprint density at radius 3 is 2.15 bits per heavy atom. The van der Waals surface area contributed by atoms with Crippen LogP contribution in [0.2, 0.25) is 0 Å². The van der Waals surface area contributed by atoms with Crippen LogP contribution >= 0.6 is 0 Å². The number of nitrogens with zero attached hydrogens (tertiary/aromatic N) is 1. The van der Waals surface area contributed by atoms with Gasteiger partial charge in [0.15, 0.2) is 0 Å². The summed E-state index contributed by atoms with van der Waals surface area (Å²) in [4.78, 5) is 25.5. The number of amides is 1. The topological polar surface area (TPSA) is 55.8 Å². The van der Waals surface area contributed by atoms with Gasteiger partial charge in [0.05, 0.1) is 6.61 Å². The molecule has 152 valence electrons. The highest BCUT2D eigenvalue weighted by Gasteiger charge is 2.24. The van der Waals surface area contributed by atoms with Gasteiger partial charge in [-0.1, -0.05) is 82.2 Å². The lowest BCUT2D eigenvalue weighted by Crippen LogP contribution is -2.41. The summed E-state index contributed by atoms with van der Waals surface area (Å²) in [5.41, 5.74) is 0.907. The molecule has 0 spiro atoms. The number of esters is 1. The number of ether oxygens (including phenoxy) is 2. The minimum atomic E-state index is -0.665. The molecule has 1 amide bonds. The van der Waals surface area contributed by atoms with Gasteiger partial charge in [-0.3, -0.25) is 4.90 Å². The Balaban J connectivity index is 2.15. The van der Waals surface area contributed by atoms with E-state index in [9.17, 15) is 9.59 Å². The minimum Gasteiger partial charge on any atom is -0.464 e. The van der Waals surface area contributed by atoms with E-state index in [-0.39, 0.29) is 6.61 Å². The number of carbonyl (C=O) groups excluding carboxylic acids is 2. The number of benzene rings is 1. The zero-order valence-corrected chi connectivity index (χ0v) is 17.1. The Hall–Kier alpha value is -2.04. The molecule has 0 radical (unpaired) electrons. The molecule has 0 saturated carbocycles. The molecule has 5 heteroatoms. The quantitative estimate of drug-likeness (QED) is 0.344. The second kappa shape index (κ2) is 14.1. The summed E-state index contributed by atoms with van der Waals surface area (Å²) in [6, 6.07) is 8.78. The van der Waals surface area contributed by atoms with E-state index in [0.717, 1.165) is 18.4 Å². The molecule has 0 N–H and O–H groups in total. The van der Waals surface area contributed by atoms with Crippen molar-refractivity contribution in [3.8, 4) is 0 Å². The molecule has 1 aromatic carbocycles. The molecule has 0 aliphatic rings. The Kier molecular flexibility index (Phi) is 12.0. The summed E-state index contributed by atoms with van der Waals surface area (Å²) in [7, 11) is 1.55. The standard InChI is InChI=1S/C22H35NO4/c1-4-5-6-7-8-9-10-14-17-26-21(24)19(2)23(3)22(25)27-18-20-15-12-11-13-16-20/h11-13,15-16,19H,4-10,14,17-18H2,1-3H3. The van der Waals surface area contributed by atoms with E-state index in [2.05, 4.69) is 6.92 Å². The van der Waals surface area contributed by atoms with Crippen LogP contribution < -0.4 is 0 Å². The van der Waals surface area contributed by atoms with Gasteiger partial charge < -0.3 is 9.47 Å². The molecule has 1 unspecified atom stereocenters. The van der Waals surface area contributed by atoms with Gasteiger partial charge >= 0.3 is 12.1 Å². The van der Waals surface area contributed by atoms with Gasteiger partial charge in [-0.25, -0.2) is 9.59 Å². The van der Waals surface area contributed by atoms with Gasteiger partial charge in [0, 0.05) is 7.05 Å². The highest BCUT2D eigenvalue weighted by atomic mass is 16.6. The second-order valence-corrected chi connectivity index (χ2v) is 6.97. The number of hydrogen-bond acceptors (Lipinski definition) is 4. The molecule has 5 nitrogen and oxygen atoms in total. The van der Waals surface area contributed by atoms with E-state index in [4.69, 9.17) is 9.47 Å². The fourth-order valence-electron chi connectivity index (χ4n) is 2.67. The van der Waals surface area contributed by atoms with Gasteiger partial charge in [-0.2, -0.15) is 0 Å². The molecule has 0 fully saturated rings. The van der Waals surface area contributed by atoms with Crippen LogP contribution in [0.15, 0.2) is 30.3 Å². The van der Waals surface area contributed by atoms with Crippen molar-refractivity contribution >= 4 is 12.1 Å². The first-order valence-corrected chi connectivity index (χ1v) is 10.2. The van der Waals surface area contributed by atoms with Crippen LogP contribution in [0, 0.1) is 0 Å². The van der Waals surface area contributed by atoms with Crippen LogP contribution in [0.5, 0.6) is 0 Å². The third kappa shape index (κ3) is 10.0. The molecule has 0 aliphatic carbocycles. The minimum absolute atomic E-state index is 0.185. The highest BCUT2D eigenvalue weighted by Crippen LogP contribution is 2.09. The third-order valence-electron chi connectivity index (χ3n) is 4.66. The molecule has 0 aromatic heterocycles. The molecule has 0 aliphatic heterocycles. The van der Waals surface area contributed by atoms with Crippen LogP contribution in [0.25, 0.3) is 0 Å². The lowest BCUT2D eigenvalue weighted by Gasteiger charge is -2.22. The van der Waals surface area contributed by atoms with Crippen molar-refractivity contribution in [2.24, 2.45) is 0 Å². The second-order valence-electron chi connectivity index (χ2n) is 6.97. The molecular formula is C22H35NO4. The van der Waals surface area contributed by atoms with Crippen molar-refractivity contribution in [2.45, 2.75) is 77.9 Å². The Bertz CT molecular complexity index is 532. The largest absolute Gasteiger partial charge is 0.464 e. The van der Waals surface area contributed by atoms with E-state index >= 15 is 0 Å². The van der Waals surface area contributed by atoms with Crippen LogP contribution in [-0.2, 0) is 20.9 Å². The van der Waals surface area contributed by atoms with Crippen LogP contribution in [0.4, 0.5) is 4.79 Å². The molecule has 27 heavy (non-hydrogen) atoms. The number of rotatable bonds is 13. The van der Waals surface area contributed by atoms with Crippen LogP contribution in [0.1, 0.15) is 70.8 Å². The average molecular weight is 378 g/mol. The first kappa shape index (κ1) is 23.0. The molecular weight excluding hydrogens is 342 g/mol. The molecule has 1 atom stereocenters. The average Bonchev–Trinajstić information content (AvgIpc) is 2.70. The molecule has 1 aromatic rings. The van der Waals surface area contributed by atoms with Crippen molar-refractivity contribution in [3.63, 3.8) is 0 Å². The SMILES string of the molecule is CCCCCCCCCCOC(=O)C(C)N(C)C(=O)OCc1ccccc1. The first-order valence-electron chi connectivity index (χ1n) is 10.2. The maximum Gasteiger partial charge on any atom is 0.410 e. The first-order chi connectivity index (χ1) is 13.1. The Morgan fingerprint density at radius 1 is 0.926 bits per heavy atom. The number of carbonyl (C=O) groups is 2. The van der Waals surface area contributed by atoms with Crippen LogP contribution in [0.3, 0.4) is 0 Å². The number of likely N-dealkylation sites (N-methyl/N-ethyl adjacent to an activating group) is 1. The van der Waals surface area contributed by atoms with Crippen molar-refractivity contribution < 1.29 is 19.1 Å². The molecule has 0 bridgehead atoms. The summed E-state index contributed by atoms with van der Waals surface area (Å²) in [5.74, 6) is -0.392. The summed E-state index contributed by atoms with van der Waals surface area (Å²) in [6.45, 7) is 4.46. The van der Waals surface area contributed by atoms with Crippen molar-refractivity contribution in [3.05, 3.63) is 35.9 Å². The fraction of sp³-hybridized carbons (Fsp3) is 0.636. The van der Waals surface area contributed by atoms with Gasteiger partial charge in [-0.05, 0) is 18.9 Å². The molecule has 0 heterocycles. The third-order valence-corrected chi connectivity index (χ3v) is 4.66. The number of hydrogen-bond donors (Lipinski definition) is 0. The van der Waals surface area contributed by atoms with E-state index in [1.807, 2.05) is 30.3 Å². The summed E-state index contributed by atoms with van der Waals surface area (Å²) in [6.07, 6.45) is 9.03. The molecule has 0 saturated heterocycles. The molecule has 1 rings (SSSR count). The van der Waals surface area contributed by atoms with E-state index in [1.165, 1.54) is 43.4 Å². The zero-order valence-electron chi connectivity index (χ0n) is 17.1. The van der Waals surface area contributed by atoms with Crippen molar-refractivity contribution in [1.29, 1.82) is 0 Å². The number of unbranched alkanes of at least 4 members (excludes halogenated alkanes) is 7. The maximum atomic E-state index is 12.1. The monoisotopic (exact) mass is 377 g/mol.